The van der Waals surface area contributed by atoms with Gasteiger partial charge in [-0.05, 0) is 57.6 Å². The Hall–Kier alpha value is -2.74. The van der Waals surface area contributed by atoms with E-state index in [0.29, 0.717) is 43.2 Å². The van der Waals surface area contributed by atoms with Crippen molar-refractivity contribution in [3.63, 3.8) is 0 Å². The van der Waals surface area contributed by atoms with Crippen molar-refractivity contribution in [3.05, 3.63) is 57.5 Å². The van der Waals surface area contributed by atoms with E-state index in [9.17, 15) is 9.59 Å². The van der Waals surface area contributed by atoms with Gasteiger partial charge in [-0.2, -0.15) is 5.10 Å². The fourth-order valence-electron chi connectivity index (χ4n) is 5.41. The van der Waals surface area contributed by atoms with Gasteiger partial charge < -0.3 is 9.88 Å². The lowest BCUT2D eigenvalue weighted by molar-refractivity contribution is 0.0719. The van der Waals surface area contributed by atoms with Gasteiger partial charge in [-0.1, -0.05) is 12.2 Å². The van der Waals surface area contributed by atoms with Crippen LogP contribution < -0.4 is 5.56 Å². The first-order valence-electron chi connectivity index (χ1n) is 12.0. The minimum absolute atomic E-state index is 0.0815. The Balaban J connectivity index is 1.33. The number of nitrogens with zero attached hydrogens (tertiary/aromatic N) is 5. The molecule has 1 N–H and O–H groups in total. The van der Waals surface area contributed by atoms with Crippen LogP contribution in [0.15, 0.2) is 29.2 Å². The van der Waals surface area contributed by atoms with Gasteiger partial charge in [0.25, 0.3) is 11.5 Å². The zero-order chi connectivity index (χ0) is 22.1. The fraction of sp³-hybridized carbons (Fsp3) is 0.583. The number of rotatable bonds is 5. The molecule has 0 saturated carbocycles. The number of amides is 1. The summed E-state index contributed by atoms with van der Waals surface area (Å²) in [6, 6.07) is 1.93. The molecule has 0 bridgehead atoms. The largest absolute Gasteiger partial charge is 0.332 e. The molecule has 1 amide bonds. The van der Waals surface area contributed by atoms with Gasteiger partial charge >= 0.3 is 0 Å². The number of aromatic nitrogens is 4. The molecule has 8 heteroatoms. The molecule has 2 aromatic rings. The molecule has 1 saturated heterocycles. The molecule has 0 aromatic carbocycles. The Morgan fingerprint density at radius 1 is 1.25 bits per heavy atom. The van der Waals surface area contributed by atoms with E-state index in [2.05, 4.69) is 27.1 Å². The van der Waals surface area contributed by atoms with Gasteiger partial charge in [0.05, 0.1) is 23.8 Å². The summed E-state index contributed by atoms with van der Waals surface area (Å²) in [5.74, 6) is 1.42. The molecule has 1 fully saturated rings. The van der Waals surface area contributed by atoms with Crippen LogP contribution in [0.3, 0.4) is 0 Å². The molecule has 0 spiro atoms. The van der Waals surface area contributed by atoms with Crippen molar-refractivity contribution in [2.45, 2.75) is 64.6 Å². The average molecular weight is 437 g/mol. The molecule has 1 aliphatic carbocycles. The molecular weight excluding hydrogens is 404 g/mol. The van der Waals surface area contributed by atoms with Crippen molar-refractivity contribution in [1.82, 2.24) is 29.5 Å². The van der Waals surface area contributed by atoms with Crippen LogP contribution in [0.5, 0.6) is 0 Å². The lowest BCUT2D eigenvalue weighted by Gasteiger charge is -2.31. The van der Waals surface area contributed by atoms with Gasteiger partial charge in [0, 0.05) is 32.3 Å². The van der Waals surface area contributed by atoms with Crippen LogP contribution in [0.25, 0.3) is 0 Å². The van der Waals surface area contributed by atoms with Gasteiger partial charge in [-0.25, -0.2) is 4.98 Å². The van der Waals surface area contributed by atoms with Crippen LogP contribution in [0.1, 0.15) is 72.6 Å². The monoisotopic (exact) mass is 436 g/mol. The average Bonchev–Trinajstić information content (AvgIpc) is 3.48. The zero-order valence-corrected chi connectivity index (χ0v) is 18.8. The molecule has 2 aromatic heterocycles. The molecular formula is C24H32N6O2. The van der Waals surface area contributed by atoms with Gasteiger partial charge in [0.15, 0.2) is 0 Å². The van der Waals surface area contributed by atoms with Crippen molar-refractivity contribution in [2.24, 2.45) is 5.92 Å². The zero-order valence-electron chi connectivity index (χ0n) is 18.8. The van der Waals surface area contributed by atoms with Gasteiger partial charge in [-0.15, -0.1) is 0 Å². The molecule has 8 nitrogen and oxygen atoms in total. The van der Waals surface area contributed by atoms with E-state index in [0.717, 1.165) is 43.9 Å². The summed E-state index contributed by atoms with van der Waals surface area (Å²) >= 11 is 0. The van der Waals surface area contributed by atoms with Gasteiger partial charge in [0.2, 0.25) is 0 Å². The Kier molecular flexibility index (Phi) is 5.95. The standard InChI is InChI=1S/C24H32N6O2/c1-2-30-21(10-12-25-30)24(32)29-14-11-19-18(16-29)23(31)27-22(26-19)20-9-6-13-28(20)15-17-7-4-3-5-8-17/h3-4,10,12,17,20H,2,5-9,11,13-16H2,1H3,(H,26,27,31)/t17-,20+/m0/s1. The van der Waals surface area contributed by atoms with Crippen molar-refractivity contribution in [2.75, 3.05) is 19.6 Å². The number of hydrogen-bond acceptors (Lipinski definition) is 5. The van der Waals surface area contributed by atoms with Crippen molar-refractivity contribution >= 4 is 5.91 Å². The number of likely N-dealkylation sites (tertiary alicyclic amines) is 1. The molecule has 32 heavy (non-hydrogen) atoms. The van der Waals surface area contributed by atoms with E-state index >= 15 is 0 Å². The van der Waals surface area contributed by atoms with E-state index in [1.807, 2.05) is 6.92 Å². The highest BCUT2D eigenvalue weighted by Crippen LogP contribution is 2.32. The Morgan fingerprint density at radius 2 is 2.16 bits per heavy atom. The second kappa shape index (κ2) is 9.02. The van der Waals surface area contributed by atoms with Crippen LogP contribution in [-0.4, -0.2) is 55.1 Å². The smallest absolute Gasteiger partial charge is 0.272 e. The molecule has 2 atom stereocenters. The van der Waals surface area contributed by atoms with E-state index in [4.69, 9.17) is 4.98 Å². The maximum atomic E-state index is 13.0. The second-order valence-electron chi connectivity index (χ2n) is 9.19. The number of carbonyl (C=O) groups excluding carboxylic acids is 1. The Bertz CT molecular complexity index is 1070. The van der Waals surface area contributed by atoms with Crippen molar-refractivity contribution < 1.29 is 4.79 Å². The topological polar surface area (TPSA) is 87.1 Å². The summed E-state index contributed by atoms with van der Waals surface area (Å²) in [6.07, 6.45) is 12.6. The predicted molar refractivity (Wildman–Crippen MR) is 121 cm³/mol. The van der Waals surface area contributed by atoms with Crippen molar-refractivity contribution in [3.8, 4) is 0 Å². The van der Waals surface area contributed by atoms with Gasteiger partial charge in [-0.3, -0.25) is 19.2 Å². The van der Waals surface area contributed by atoms with E-state index in [1.54, 1.807) is 21.8 Å². The van der Waals surface area contributed by atoms with Gasteiger partial charge in [0.1, 0.15) is 11.5 Å². The number of aromatic amines is 1. The highest BCUT2D eigenvalue weighted by atomic mass is 16.2. The normalized spacial score (nSPS) is 23.5. The summed E-state index contributed by atoms with van der Waals surface area (Å²) in [5.41, 5.74) is 1.94. The van der Waals surface area contributed by atoms with Crippen LogP contribution >= 0.6 is 0 Å². The predicted octanol–water partition coefficient (Wildman–Crippen LogP) is 2.68. The second-order valence-corrected chi connectivity index (χ2v) is 9.19. The summed E-state index contributed by atoms with van der Waals surface area (Å²) < 4.78 is 1.69. The number of nitrogens with one attached hydrogen (secondary N) is 1. The summed E-state index contributed by atoms with van der Waals surface area (Å²) in [4.78, 5) is 38.3. The highest BCUT2D eigenvalue weighted by molar-refractivity contribution is 5.92. The number of fused-ring (bicyclic) bond motifs is 1. The summed E-state index contributed by atoms with van der Waals surface area (Å²) in [6.45, 7) is 5.61. The number of hydrogen-bond donors (Lipinski definition) is 1. The third-order valence-corrected chi connectivity index (χ3v) is 7.16. The number of carbonyl (C=O) groups is 1. The quantitative estimate of drug-likeness (QED) is 0.728. The van der Waals surface area contributed by atoms with E-state index in [1.165, 1.54) is 12.8 Å². The summed E-state index contributed by atoms with van der Waals surface area (Å²) in [7, 11) is 0. The maximum absolute atomic E-state index is 13.0. The van der Waals surface area contributed by atoms with Crippen LogP contribution in [0.4, 0.5) is 0 Å². The van der Waals surface area contributed by atoms with E-state index < -0.39 is 0 Å². The van der Waals surface area contributed by atoms with Crippen LogP contribution in [-0.2, 0) is 19.5 Å². The summed E-state index contributed by atoms with van der Waals surface area (Å²) in [5, 5.41) is 4.20. The first-order valence-corrected chi connectivity index (χ1v) is 12.0. The van der Waals surface area contributed by atoms with E-state index in [-0.39, 0.29) is 17.5 Å². The maximum Gasteiger partial charge on any atom is 0.272 e. The molecule has 170 valence electrons. The third kappa shape index (κ3) is 4.03. The van der Waals surface area contributed by atoms with Crippen LogP contribution in [0.2, 0.25) is 0 Å². The lowest BCUT2D eigenvalue weighted by atomic mass is 9.93. The fourth-order valence-corrected chi connectivity index (χ4v) is 5.41. The van der Waals surface area contributed by atoms with Crippen molar-refractivity contribution in [1.29, 1.82) is 0 Å². The van der Waals surface area contributed by atoms with Crippen LogP contribution in [0, 0.1) is 5.92 Å². The molecule has 2 aliphatic heterocycles. The Labute approximate surface area is 188 Å². The SMILES string of the molecule is CCn1nccc1C(=O)N1CCc2nc([C@H]3CCCN3C[C@H]3CC=CCC3)[nH]c(=O)c2C1. The molecule has 0 unspecified atom stereocenters. The minimum atomic E-state index is -0.0982. The third-order valence-electron chi connectivity index (χ3n) is 7.16. The number of aryl methyl sites for hydroxylation is 1. The molecule has 5 rings (SSSR count). The first kappa shape index (κ1) is 21.1. The Morgan fingerprint density at radius 3 is 2.97 bits per heavy atom. The number of H-pyrrole nitrogens is 1. The first-order chi connectivity index (χ1) is 15.6. The minimum Gasteiger partial charge on any atom is -0.332 e. The molecule has 0 radical (unpaired) electrons. The lowest BCUT2D eigenvalue weighted by Crippen LogP contribution is -2.41. The number of allylic oxidation sites excluding steroid dienone is 2. The molecule has 3 aliphatic rings. The molecule has 4 heterocycles. The highest BCUT2D eigenvalue weighted by Gasteiger charge is 2.32.